The molecular formula is C21H29N5O3S. The van der Waals surface area contributed by atoms with E-state index in [2.05, 4.69) is 24.8 Å². The predicted molar refractivity (Wildman–Crippen MR) is 112 cm³/mol. The quantitative estimate of drug-likeness (QED) is 0.621. The van der Waals surface area contributed by atoms with Gasteiger partial charge in [-0.1, -0.05) is 6.07 Å². The van der Waals surface area contributed by atoms with Crippen LogP contribution in [0.5, 0.6) is 0 Å². The number of benzene rings is 1. The van der Waals surface area contributed by atoms with Gasteiger partial charge in [-0.3, -0.25) is 4.79 Å². The fourth-order valence-electron chi connectivity index (χ4n) is 4.18. The Hall–Kier alpha value is -2.26. The maximum atomic E-state index is 12.6. The van der Waals surface area contributed by atoms with Crippen molar-refractivity contribution in [2.75, 3.05) is 6.54 Å². The Morgan fingerprint density at radius 2 is 1.83 bits per heavy atom. The van der Waals surface area contributed by atoms with E-state index in [1.165, 1.54) is 12.0 Å². The van der Waals surface area contributed by atoms with Gasteiger partial charge in [0.1, 0.15) is 5.82 Å². The average Bonchev–Trinajstić information content (AvgIpc) is 3.18. The topological polar surface area (TPSA) is 106 Å². The Morgan fingerprint density at radius 3 is 2.70 bits per heavy atom. The van der Waals surface area contributed by atoms with E-state index >= 15 is 0 Å². The number of nitrogens with zero attached hydrogens (tertiary/aromatic N) is 3. The van der Waals surface area contributed by atoms with Crippen LogP contribution in [0.1, 0.15) is 61.3 Å². The molecular weight excluding hydrogens is 402 g/mol. The summed E-state index contributed by atoms with van der Waals surface area (Å²) in [4.78, 5) is 12.4. The van der Waals surface area contributed by atoms with Gasteiger partial charge in [-0.15, -0.1) is 10.2 Å². The minimum Gasteiger partial charge on any atom is -0.349 e. The molecule has 0 saturated carbocycles. The zero-order valence-electron chi connectivity index (χ0n) is 17.2. The second kappa shape index (κ2) is 9.26. The maximum absolute atomic E-state index is 12.6. The van der Waals surface area contributed by atoms with Crippen molar-refractivity contribution in [1.82, 2.24) is 24.8 Å². The lowest BCUT2D eigenvalue weighted by Gasteiger charge is -2.16. The molecule has 1 aromatic carbocycles. The van der Waals surface area contributed by atoms with E-state index in [1.54, 1.807) is 12.1 Å². The molecule has 0 spiro atoms. The lowest BCUT2D eigenvalue weighted by Crippen LogP contribution is -2.28. The van der Waals surface area contributed by atoms with Gasteiger partial charge in [0.05, 0.1) is 11.4 Å². The van der Waals surface area contributed by atoms with Crippen LogP contribution in [0, 0.1) is 0 Å². The third-order valence-electron chi connectivity index (χ3n) is 5.88. The molecule has 2 N–H and O–H groups in total. The molecule has 1 amide bonds. The molecule has 0 atom stereocenters. The van der Waals surface area contributed by atoms with Crippen LogP contribution in [0.2, 0.25) is 0 Å². The molecule has 162 valence electrons. The SMILES string of the molecule is O=C(CCCNS(=O)(=O)c1ccc2c(c1)CCCC2)NCc1nnc2n1CCCC2. The lowest BCUT2D eigenvalue weighted by atomic mass is 9.92. The summed E-state index contributed by atoms with van der Waals surface area (Å²) in [6, 6.07) is 5.40. The maximum Gasteiger partial charge on any atom is 0.240 e. The highest BCUT2D eigenvalue weighted by atomic mass is 32.2. The van der Waals surface area contributed by atoms with Gasteiger partial charge in [-0.05, 0) is 68.2 Å². The number of hydrogen-bond donors (Lipinski definition) is 2. The summed E-state index contributed by atoms with van der Waals surface area (Å²) in [5, 5.41) is 11.2. The Morgan fingerprint density at radius 1 is 1.03 bits per heavy atom. The van der Waals surface area contributed by atoms with Crippen molar-refractivity contribution in [2.24, 2.45) is 0 Å². The molecule has 1 aromatic heterocycles. The third-order valence-corrected chi connectivity index (χ3v) is 7.34. The summed E-state index contributed by atoms with van der Waals surface area (Å²) in [5.41, 5.74) is 2.39. The molecule has 1 aliphatic carbocycles. The largest absolute Gasteiger partial charge is 0.349 e. The molecule has 2 aliphatic rings. The van der Waals surface area contributed by atoms with Crippen LogP contribution in [-0.2, 0) is 47.2 Å². The Kier molecular flexibility index (Phi) is 6.48. The first-order valence-corrected chi connectivity index (χ1v) is 12.3. The van der Waals surface area contributed by atoms with Crippen LogP contribution in [0.25, 0.3) is 0 Å². The fraction of sp³-hybridized carbons (Fsp3) is 0.571. The van der Waals surface area contributed by atoms with E-state index in [4.69, 9.17) is 0 Å². The number of fused-ring (bicyclic) bond motifs is 2. The van der Waals surface area contributed by atoms with Gasteiger partial charge in [-0.25, -0.2) is 13.1 Å². The van der Waals surface area contributed by atoms with Crippen molar-refractivity contribution in [3.63, 3.8) is 0 Å². The van der Waals surface area contributed by atoms with Gasteiger partial charge >= 0.3 is 0 Å². The predicted octanol–water partition coefficient (Wildman–Crippen LogP) is 1.87. The normalized spacial score (nSPS) is 16.0. The zero-order valence-corrected chi connectivity index (χ0v) is 18.0. The number of sulfonamides is 1. The molecule has 0 unspecified atom stereocenters. The van der Waals surface area contributed by atoms with Crippen molar-refractivity contribution in [3.05, 3.63) is 41.0 Å². The molecule has 0 fully saturated rings. The van der Waals surface area contributed by atoms with Gasteiger partial charge in [0, 0.05) is 25.9 Å². The summed E-state index contributed by atoms with van der Waals surface area (Å²) >= 11 is 0. The summed E-state index contributed by atoms with van der Waals surface area (Å²) in [7, 11) is -3.55. The molecule has 4 rings (SSSR count). The van der Waals surface area contributed by atoms with E-state index in [1.807, 2.05) is 6.07 Å². The van der Waals surface area contributed by atoms with Gasteiger partial charge in [0.2, 0.25) is 15.9 Å². The van der Waals surface area contributed by atoms with E-state index in [-0.39, 0.29) is 18.9 Å². The second-order valence-electron chi connectivity index (χ2n) is 8.06. The van der Waals surface area contributed by atoms with E-state index in [0.29, 0.717) is 17.9 Å². The van der Waals surface area contributed by atoms with Crippen molar-refractivity contribution in [3.8, 4) is 0 Å². The van der Waals surface area contributed by atoms with Crippen LogP contribution >= 0.6 is 0 Å². The summed E-state index contributed by atoms with van der Waals surface area (Å²) in [5.74, 6) is 1.66. The molecule has 30 heavy (non-hydrogen) atoms. The van der Waals surface area contributed by atoms with Crippen LogP contribution in [0.4, 0.5) is 0 Å². The van der Waals surface area contributed by atoms with Crippen molar-refractivity contribution >= 4 is 15.9 Å². The highest BCUT2D eigenvalue weighted by Crippen LogP contribution is 2.24. The van der Waals surface area contributed by atoms with Crippen LogP contribution < -0.4 is 10.0 Å². The molecule has 8 nitrogen and oxygen atoms in total. The zero-order chi connectivity index (χ0) is 21.0. The number of hydrogen-bond acceptors (Lipinski definition) is 5. The minimum atomic E-state index is -3.55. The van der Waals surface area contributed by atoms with Gasteiger partial charge < -0.3 is 9.88 Å². The summed E-state index contributed by atoms with van der Waals surface area (Å²) in [6.45, 7) is 1.48. The highest BCUT2D eigenvalue weighted by Gasteiger charge is 2.18. The molecule has 2 aromatic rings. The molecule has 1 aliphatic heterocycles. The summed E-state index contributed by atoms with van der Waals surface area (Å²) in [6.07, 6.45) is 8.11. The minimum absolute atomic E-state index is 0.115. The van der Waals surface area contributed by atoms with Crippen LogP contribution in [-0.4, -0.2) is 35.6 Å². The number of amides is 1. The average molecular weight is 432 g/mol. The molecule has 0 saturated heterocycles. The van der Waals surface area contributed by atoms with E-state index < -0.39 is 10.0 Å². The fourth-order valence-corrected chi connectivity index (χ4v) is 5.31. The number of aromatic nitrogens is 3. The van der Waals surface area contributed by atoms with Gasteiger partial charge in [0.25, 0.3) is 0 Å². The standard InChI is InChI=1S/C21H29N5O3S/c27-21(22-15-20-25-24-19-8-3-4-13-26(19)20)9-5-12-23-30(28,29)18-11-10-16-6-1-2-7-17(16)14-18/h10-11,14,23H,1-9,12-13,15H2,(H,22,27). The molecule has 2 heterocycles. The lowest BCUT2D eigenvalue weighted by molar-refractivity contribution is -0.121. The Balaban J connectivity index is 1.21. The first-order valence-electron chi connectivity index (χ1n) is 10.8. The number of rotatable bonds is 8. The Bertz CT molecular complexity index is 1020. The van der Waals surface area contributed by atoms with Gasteiger partial charge in [-0.2, -0.15) is 0 Å². The number of carbonyl (C=O) groups is 1. The number of nitrogens with one attached hydrogen (secondary N) is 2. The third kappa shape index (κ3) is 4.89. The van der Waals surface area contributed by atoms with E-state index in [9.17, 15) is 13.2 Å². The van der Waals surface area contributed by atoms with Gasteiger partial charge in [0.15, 0.2) is 5.82 Å². The second-order valence-corrected chi connectivity index (χ2v) is 9.82. The van der Waals surface area contributed by atoms with Crippen molar-refractivity contribution in [2.45, 2.75) is 75.8 Å². The first kappa shape index (κ1) is 21.0. The van der Waals surface area contributed by atoms with Crippen LogP contribution in [0.3, 0.4) is 0 Å². The highest BCUT2D eigenvalue weighted by molar-refractivity contribution is 7.89. The van der Waals surface area contributed by atoms with Crippen LogP contribution in [0.15, 0.2) is 23.1 Å². The Labute approximate surface area is 177 Å². The first-order chi connectivity index (χ1) is 14.5. The van der Waals surface area contributed by atoms with Crippen molar-refractivity contribution < 1.29 is 13.2 Å². The van der Waals surface area contributed by atoms with Crippen molar-refractivity contribution in [1.29, 1.82) is 0 Å². The number of aryl methyl sites for hydroxylation is 3. The molecule has 0 bridgehead atoms. The number of carbonyl (C=O) groups excluding carboxylic acids is 1. The van der Waals surface area contributed by atoms with E-state index in [0.717, 1.165) is 62.3 Å². The summed E-state index contributed by atoms with van der Waals surface area (Å²) < 4.78 is 29.8. The molecule has 9 heteroatoms. The monoisotopic (exact) mass is 431 g/mol. The molecule has 0 radical (unpaired) electrons. The smallest absolute Gasteiger partial charge is 0.240 e.